The quantitative estimate of drug-likeness (QED) is 0.130. The maximum Gasteiger partial charge on any atom is 0.416 e. The van der Waals surface area contributed by atoms with Gasteiger partial charge in [0.2, 0.25) is 11.8 Å². The molecule has 2 aromatic heterocycles. The molecule has 2 aliphatic carbocycles. The Morgan fingerprint density at radius 3 is 1.46 bits per heavy atom. The Balaban J connectivity index is 0.000000216. The lowest BCUT2D eigenvalue weighted by Crippen LogP contribution is -2.51. The number of anilines is 2. The normalized spacial score (nSPS) is 16.8. The van der Waals surface area contributed by atoms with Crippen molar-refractivity contribution in [2.75, 3.05) is 23.7 Å². The van der Waals surface area contributed by atoms with Crippen LogP contribution in [-0.4, -0.2) is 88.4 Å². The molecular formula is C54H54Cl2F6N10O4. The molecule has 10 rings (SSSR count). The lowest BCUT2D eigenvalue weighted by atomic mass is 9.88. The standard InChI is InChI=1S/2C27H26F3N5O2.2ClH/c1-18-15-34(17-31-18)22-10-5-7-19(13-22)24-25(37)35(26(33-24)11-3-2-4-12-26)16-23(36)32-21-9-6-8-20(14-21)27(28,29)30;1-18-15-31-17-34(18)22-10-5-7-19(13-22)24-25(37)35(26(33-24)11-3-2-4-12-26)16-23(36)32-21-9-6-8-20(14-21)27(28,29)30;;/h2*5-10,13-15,17H,2-4,11-12,16H2,1H3,(H,32,36);2*1H. The molecule has 0 unspecified atom stereocenters. The van der Waals surface area contributed by atoms with Gasteiger partial charge in [-0.3, -0.25) is 29.2 Å². The monoisotopic (exact) mass is 1090 g/mol. The molecule has 4 aliphatic rings. The Kier molecular flexibility index (Phi) is 17.0. The van der Waals surface area contributed by atoms with Crippen molar-refractivity contribution in [1.29, 1.82) is 0 Å². The zero-order valence-electron chi connectivity index (χ0n) is 41.3. The summed E-state index contributed by atoms with van der Waals surface area (Å²) in [6, 6.07) is 23.7. The number of nitrogens with zero attached hydrogens (tertiary/aromatic N) is 8. The molecule has 400 valence electrons. The summed E-state index contributed by atoms with van der Waals surface area (Å²) in [5, 5.41) is 5.04. The number of halogens is 8. The van der Waals surface area contributed by atoms with Crippen LogP contribution >= 0.6 is 24.8 Å². The third-order valence-electron chi connectivity index (χ3n) is 13.8. The molecule has 2 N–H and O–H groups in total. The third-order valence-corrected chi connectivity index (χ3v) is 13.8. The molecule has 76 heavy (non-hydrogen) atoms. The predicted octanol–water partition coefficient (Wildman–Crippen LogP) is 11.1. The first-order valence-corrected chi connectivity index (χ1v) is 24.3. The first-order valence-electron chi connectivity index (χ1n) is 24.3. The van der Waals surface area contributed by atoms with Gasteiger partial charge in [-0.15, -0.1) is 24.8 Å². The van der Waals surface area contributed by atoms with Gasteiger partial charge in [0.15, 0.2) is 0 Å². The number of aliphatic imine (C=N–C) groups is 2. The molecule has 2 saturated carbocycles. The second-order valence-corrected chi connectivity index (χ2v) is 19.0. The minimum atomic E-state index is -4.52. The molecule has 4 amide bonds. The SMILES string of the molecule is Cc1cn(-c2cccc(C3=NC4(CCCCC4)N(CC(=O)Nc4cccc(C(F)(F)F)c4)C3=O)c2)cn1.Cc1cncn1-c1cccc(C2=NC3(CCCCC3)N(CC(=O)Nc3cccc(C(F)(F)F)c3)C2=O)c1.Cl.Cl. The Labute approximate surface area is 446 Å². The molecule has 0 radical (unpaired) electrons. The van der Waals surface area contributed by atoms with E-state index in [1.807, 2.05) is 77.7 Å². The van der Waals surface area contributed by atoms with Crippen molar-refractivity contribution in [3.63, 3.8) is 0 Å². The summed E-state index contributed by atoms with van der Waals surface area (Å²) in [6.45, 7) is 3.21. The number of carbonyl (C=O) groups excluding carboxylic acids is 4. The highest BCUT2D eigenvalue weighted by Gasteiger charge is 2.50. The van der Waals surface area contributed by atoms with Gasteiger partial charge in [0.05, 0.1) is 29.5 Å². The van der Waals surface area contributed by atoms with Gasteiger partial charge in [-0.2, -0.15) is 26.3 Å². The average Bonchev–Trinajstić information content (AvgIpc) is 4.14. The molecule has 2 aliphatic heterocycles. The number of hydrogen-bond donors (Lipinski definition) is 2. The zero-order chi connectivity index (χ0) is 52.4. The summed E-state index contributed by atoms with van der Waals surface area (Å²) in [7, 11) is 0. The van der Waals surface area contributed by atoms with Crippen molar-refractivity contribution in [2.24, 2.45) is 9.98 Å². The van der Waals surface area contributed by atoms with Crippen molar-refractivity contribution < 1.29 is 45.5 Å². The number of hydrogen-bond acceptors (Lipinski definition) is 8. The largest absolute Gasteiger partial charge is 0.416 e. The summed E-state index contributed by atoms with van der Waals surface area (Å²) < 4.78 is 82.2. The summed E-state index contributed by atoms with van der Waals surface area (Å²) in [5.74, 6) is -1.87. The maximum atomic E-state index is 13.7. The Hall–Kier alpha value is -7.32. The lowest BCUT2D eigenvalue weighted by molar-refractivity contribution is -0.138. The number of amides is 4. The van der Waals surface area contributed by atoms with E-state index >= 15 is 0 Å². The van der Waals surface area contributed by atoms with Gasteiger partial charge in [-0.05, 0) is 126 Å². The number of imidazole rings is 2. The molecule has 6 aromatic rings. The Morgan fingerprint density at radius 1 is 0.592 bits per heavy atom. The number of nitrogens with one attached hydrogen (secondary N) is 2. The van der Waals surface area contributed by atoms with Gasteiger partial charge in [-0.25, -0.2) is 9.97 Å². The van der Waals surface area contributed by atoms with E-state index in [2.05, 4.69) is 20.6 Å². The van der Waals surface area contributed by atoms with E-state index in [4.69, 9.17) is 9.98 Å². The molecule has 22 heteroatoms. The number of alkyl halides is 6. The van der Waals surface area contributed by atoms with Crippen LogP contribution in [0.15, 0.2) is 132 Å². The van der Waals surface area contributed by atoms with E-state index in [-0.39, 0.29) is 72.5 Å². The molecule has 14 nitrogen and oxygen atoms in total. The van der Waals surface area contributed by atoms with Crippen LogP contribution in [-0.2, 0) is 31.5 Å². The van der Waals surface area contributed by atoms with E-state index in [0.29, 0.717) is 36.8 Å². The van der Waals surface area contributed by atoms with Gasteiger partial charge in [0.25, 0.3) is 11.8 Å². The minimum absolute atomic E-state index is 0. The summed E-state index contributed by atoms with van der Waals surface area (Å²) in [5.41, 5.74) is 1.97. The topological polar surface area (TPSA) is 159 Å². The number of benzene rings is 4. The minimum Gasteiger partial charge on any atom is -0.325 e. The van der Waals surface area contributed by atoms with Gasteiger partial charge in [0, 0.05) is 52.0 Å². The smallest absolute Gasteiger partial charge is 0.325 e. The summed E-state index contributed by atoms with van der Waals surface area (Å²) in [6.07, 6.45) is 5.95. The summed E-state index contributed by atoms with van der Waals surface area (Å²) in [4.78, 5) is 74.4. The van der Waals surface area contributed by atoms with Crippen LogP contribution in [0, 0.1) is 13.8 Å². The molecule has 2 fully saturated rings. The lowest BCUT2D eigenvalue weighted by Gasteiger charge is -2.38. The molecule has 0 atom stereocenters. The van der Waals surface area contributed by atoms with Crippen LogP contribution in [0.4, 0.5) is 37.7 Å². The highest BCUT2D eigenvalue weighted by molar-refractivity contribution is 6.47. The summed E-state index contributed by atoms with van der Waals surface area (Å²) >= 11 is 0. The van der Waals surface area contributed by atoms with Crippen LogP contribution in [0.3, 0.4) is 0 Å². The molecular weight excluding hydrogens is 1040 g/mol. The Bertz CT molecular complexity index is 3180. The number of aryl methyl sites for hydroxylation is 2. The van der Waals surface area contributed by atoms with Gasteiger partial charge >= 0.3 is 12.4 Å². The van der Waals surface area contributed by atoms with Gasteiger partial charge < -0.3 is 29.6 Å². The predicted molar refractivity (Wildman–Crippen MR) is 279 cm³/mol. The molecule has 4 aromatic carbocycles. The first kappa shape index (κ1) is 56.4. The molecule has 2 spiro atoms. The van der Waals surface area contributed by atoms with Crippen molar-refractivity contribution in [3.8, 4) is 11.4 Å². The number of aromatic nitrogens is 4. The van der Waals surface area contributed by atoms with Gasteiger partial charge in [0.1, 0.15) is 35.8 Å². The van der Waals surface area contributed by atoms with Crippen LogP contribution in [0.1, 0.15) is 97.8 Å². The first-order chi connectivity index (χ1) is 35.3. The van der Waals surface area contributed by atoms with E-state index in [1.54, 1.807) is 18.9 Å². The van der Waals surface area contributed by atoms with Crippen LogP contribution in [0.2, 0.25) is 0 Å². The molecule has 4 heterocycles. The fraction of sp³-hybridized carbons (Fsp3) is 0.333. The molecule has 0 bridgehead atoms. The van der Waals surface area contributed by atoms with Crippen molar-refractivity contribution >= 4 is 71.2 Å². The van der Waals surface area contributed by atoms with Crippen molar-refractivity contribution in [1.82, 2.24) is 28.9 Å². The maximum absolute atomic E-state index is 13.7. The van der Waals surface area contributed by atoms with E-state index in [0.717, 1.165) is 85.6 Å². The van der Waals surface area contributed by atoms with Crippen LogP contribution in [0.5, 0.6) is 0 Å². The second kappa shape index (κ2) is 22.9. The highest BCUT2D eigenvalue weighted by atomic mass is 35.5. The van der Waals surface area contributed by atoms with Crippen LogP contribution < -0.4 is 10.6 Å². The number of carbonyl (C=O) groups is 4. The Morgan fingerprint density at radius 2 is 1.04 bits per heavy atom. The number of rotatable bonds is 10. The van der Waals surface area contributed by atoms with Gasteiger partial charge in [-0.1, -0.05) is 49.2 Å². The second-order valence-electron chi connectivity index (χ2n) is 19.0. The van der Waals surface area contributed by atoms with E-state index < -0.39 is 46.6 Å². The van der Waals surface area contributed by atoms with Crippen molar-refractivity contribution in [2.45, 2.75) is 102 Å². The van der Waals surface area contributed by atoms with Crippen molar-refractivity contribution in [3.05, 3.63) is 156 Å². The van der Waals surface area contributed by atoms with Crippen LogP contribution in [0.25, 0.3) is 11.4 Å². The fourth-order valence-electron chi connectivity index (χ4n) is 10.1. The fourth-order valence-corrected chi connectivity index (χ4v) is 10.1. The molecule has 0 saturated heterocycles. The van der Waals surface area contributed by atoms with E-state index in [9.17, 15) is 45.5 Å². The zero-order valence-corrected chi connectivity index (χ0v) is 43.0. The van der Waals surface area contributed by atoms with E-state index in [1.165, 1.54) is 34.1 Å². The highest BCUT2D eigenvalue weighted by Crippen LogP contribution is 2.42. The average molecular weight is 1090 g/mol. The third kappa shape index (κ3) is 12.2.